The van der Waals surface area contributed by atoms with Crippen molar-refractivity contribution >= 4 is 40.6 Å². The highest BCUT2D eigenvalue weighted by atomic mass is 32.2. The number of hydrogen-bond donors (Lipinski definition) is 1. The van der Waals surface area contributed by atoms with Gasteiger partial charge >= 0.3 is 5.97 Å². The number of rotatable bonds is 6. The van der Waals surface area contributed by atoms with Crippen molar-refractivity contribution in [2.45, 2.75) is 88.7 Å². The van der Waals surface area contributed by atoms with Crippen molar-refractivity contribution in [1.29, 1.82) is 0 Å². The van der Waals surface area contributed by atoms with Crippen molar-refractivity contribution in [3.8, 4) is 0 Å². The van der Waals surface area contributed by atoms with Gasteiger partial charge < -0.3 is 14.3 Å². The molecule has 3 saturated carbocycles. The predicted molar refractivity (Wildman–Crippen MR) is 152 cm³/mol. The number of fused-ring (bicyclic) bond motifs is 5. The maximum atomic E-state index is 14.3. The first-order chi connectivity index (χ1) is 19.0. The summed E-state index contributed by atoms with van der Waals surface area (Å²) in [4.78, 5) is 45.6. The van der Waals surface area contributed by atoms with Gasteiger partial charge in [0.15, 0.2) is 21.5 Å². The van der Waals surface area contributed by atoms with Gasteiger partial charge in [0.25, 0.3) is 0 Å². The van der Waals surface area contributed by atoms with Crippen LogP contribution in [-0.2, 0) is 14.3 Å². The third-order valence-corrected chi connectivity index (χ3v) is 13.0. The topological polar surface area (TPSA) is 107 Å². The van der Waals surface area contributed by atoms with Crippen LogP contribution in [0, 0.1) is 42.4 Å². The number of aliphatic hydroxyl groups is 1. The van der Waals surface area contributed by atoms with Gasteiger partial charge in [-0.3, -0.25) is 9.59 Å². The Morgan fingerprint density at radius 2 is 2.02 bits per heavy atom. The van der Waals surface area contributed by atoms with Gasteiger partial charge in [-0.25, -0.2) is 9.78 Å². The van der Waals surface area contributed by atoms with E-state index < -0.39 is 23.1 Å². The van der Waals surface area contributed by atoms with Crippen LogP contribution in [0.3, 0.4) is 0 Å². The van der Waals surface area contributed by atoms with Crippen LogP contribution in [0.1, 0.15) is 79.9 Å². The summed E-state index contributed by atoms with van der Waals surface area (Å²) in [6, 6.07) is 3.18. The second kappa shape index (κ2) is 9.95. The van der Waals surface area contributed by atoms with Crippen LogP contribution in [0.4, 0.5) is 0 Å². The van der Waals surface area contributed by atoms with Crippen molar-refractivity contribution in [3.63, 3.8) is 0 Å². The molecule has 0 aromatic carbocycles. The average molecular weight is 584 g/mol. The Bertz CT molecular complexity index is 1360. The van der Waals surface area contributed by atoms with E-state index >= 15 is 0 Å². The Morgan fingerprint density at radius 1 is 1.23 bits per heavy atom. The van der Waals surface area contributed by atoms with Crippen molar-refractivity contribution < 1.29 is 28.6 Å². The minimum absolute atomic E-state index is 0.0148. The number of ether oxygens (including phenoxy) is 1. The van der Waals surface area contributed by atoms with Gasteiger partial charge in [-0.2, -0.15) is 0 Å². The molecule has 0 saturated heterocycles. The third-order valence-electron chi connectivity index (χ3n) is 10.8. The molecule has 40 heavy (non-hydrogen) atoms. The summed E-state index contributed by atoms with van der Waals surface area (Å²) in [7, 11) is 0. The number of thioether (sulfide) groups is 1. The van der Waals surface area contributed by atoms with E-state index in [1.165, 1.54) is 23.6 Å². The van der Waals surface area contributed by atoms with E-state index in [0.717, 1.165) is 40.6 Å². The summed E-state index contributed by atoms with van der Waals surface area (Å²) in [6.45, 7) is 8.24. The van der Waals surface area contributed by atoms with Gasteiger partial charge in [-0.1, -0.05) is 31.2 Å². The third kappa shape index (κ3) is 4.18. The number of Topliss-reactive ketones (excluding diaryl/α,β-unsaturated/α-hetero) is 1. The number of hydrogen-bond acceptors (Lipinski definition) is 9. The van der Waals surface area contributed by atoms with Crippen molar-refractivity contribution in [2.75, 3.05) is 5.75 Å². The maximum absolute atomic E-state index is 14.3. The van der Waals surface area contributed by atoms with Crippen molar-refractivity contribution in [3.05, 3.63) is 46.4 Å². The number of aromatic nitrogens is 1. The number of allylic oxidation sites excluding steroid dienone is 1. The Kier molecular flexibility index (Phi) is 6.94. The second-order valence-electron chi connectivity index (χ2n) is 12.6. The molecule has 0 spiro atoms. The van der Waals surface area contributed by atoms with Crippen molar-refractivity contribution in [1.82, 2.24) is 4.98 Å². The summed E-state index contributed by atoms with van der Waals surface area (Å²) >= 11 is 2.96. The van der Waals surface area contributed by atoms with E-state index in [2.05, 4.69) is 18.8 Å². The fourth-order valence-electron chi connectivity index (χ4n) is 8.71. The smallest absolute Gasteiger partial charge is 0.375 e. The monoisotopic (exact) mass is 583 g/mol. The summed E-state index contributed by atoms with van der Waals surface area (Å²) in [5, 5.41) is 11.9. The quantitative estimate of drug-likeness (QED) is 0.321. The molecular formula is C31H37NO6S2. The molecule has 0 amide bonds. The number of furan rings is 1. The zero-order valence-corrected chi connectivity index (χ0v) is 25.2. The zero-order valence-electron chi connectivity index (χ0n) is 23.5. The van der Waals surface area contributed by atoms with Crippen LogP contribution in [-0.4, -0.2) is 45.1 Å². The summed E-state index contributed by atoms with van der Waals surface area (Å²) < 4.78 is 12.5. The molecule has 0 radical (unpaired) electrons. The first-order valence-corrected chi connectivity index (χ1v) is 16.1. The zero-order chi connectivity index (χ0) is 28.4. The Labute approximate surface area is 243 Å². The summed E-state index contributed by atoms with van der Waals surface area (Å²) in [5.74, 6) is -0.0899. The molecule has 0 bridgehead atoms. The first kappa shape index (κ1) is 27.9. The highest BCUT2D eigenvalue weighted by molar-refractivity contribution is 8.01. The highest BCUT2D eigenvalue weighted by Gasteiger charge is 2.70. The second-order valence-corrected chi connectivity index (χ2v) is 15.1. The lowest BCUT2D eigenvalue weighted by Crippen LogP contribution is -2.63. The van der Waals surface area contributed by atoms with E-state index in [-0.39, 0.29) is 46.2 Å². The molecule has 2 heterocycles. The average Bonchev–Trinajstić information content (AvgIpc) is 3.62. The van der Waals surface area contributed by atoms with Gasteiger partial charge in [0.2, 0.25) is 5.76 Å². The largest absolute Gasteiger partial charge is 0.457 e. The van der Waals surface area contributed by atoms with Crippen molar-refractivity contribution in [2.24, 2.45) is 28.6 Å². The molecule has 0 unspecified atom stereocenters. The molecule has 2 aromatic heterocycles. The van der Waals surface area contributed by atoms with E-state index in [9.17, 15) is 19.5 Å². The SMILES string of the molecule is Cc1nc(SCC(=O)[C@@]2(OC(=O)c3ccco3)CC[C@H]3[C@@H]4CCC5=CC(=O)CC[C@]5(C)[C@H]4[C@@H](O)C[C@@]32C)sc1C. The molecule has 7 nitrogen and oxygen atoms in total. The standard InChI is InChI=1S/C31H37NO6S2/c1-17-18(2)40-28(32-17)39-16-25(35)31(38-27(36)24-6-5-13-37-24)12-10-22-21-8-7-19-14-20(33)9-11-29(19,3)26(21)23(34)15-30(22,31)4/h5-6,13-14,21-23,26,34H,7-12,15-16H2,1-4H3/t21-,22-,23-,26+,29-,30-,31-/m0/s1. The van der Waals surface area contributed by atoms with E-state index in [1.54, 1.807) is 23.5 Å². The van der Waals surface area contributed by atoms with E-state index in [1.807, 2.05) is 19.9 Å². The van der Waals surface area contributed by atoms with Crippen LogP contribution >= 0.6 is 23.1 Å². The first-order valence-electron chi connectivity index (χ1n) is 14.3. The van der Waals surface area contributed by atoms with Gasteiger partial charge in [0.1, 0.15) is 0 Å². The molecule has 4 aliphatic carbocycles. The minimum atomic E-state index is -1.37. The fraction of sp³-hybridized carbons (Fsp3) is 0.613. The number of carbonyl (C=O) groups is 3. The molecule has 9 heteroatoms. The number of ketones is 2. The molecule has 2 aromatic rings. The van der Waals surface area contributed by atoms with Crippen LogP contribution in [0.2, 0.25) is 0 Å². The van der Waals surface area contributed by atoms with Crippen LogP contribution in [0.5, 0.6) is 0 Å². The minimum Gasteiger partial charge on any atom is -0.457 e. The molecular weight excluding hydrogens is 546 g/mol. The number of thiazole rings is 1. The van der Waals surface area contributed by atoms with Gasteiger partial charge in [-0.15, -0.1) is 11.3 Å². The van der Waals surface area contributed by atoms with Gasteiger partial charge in [-0.05, 0) is 93.7 Å². The van der Waals surface area contributed by atoms with Gasteiger partial charge in [0.05, 0.1) is 23.8 Å². The lowest BCUT2D eigenvalue weighted by molar-refractivity contribution is -0.180. The molecule has 6 rings (SSSR count). The number of aryl methyl sites for hydroxylation is 2. The number of nitrogens with zero attached hydrogens (tertiary/aromatic N) is 1. The van der Waals surface area contributed by atoms with Crippen LogP contribution in [0.25, 0.3) is 0 Å². The number of aliphatic hydroxyl groups excluding tert-OH is 1. The predicted octanol–water partition coefficient (Wildman–Crippen LogP) is 6.11. The summed E-state index contributed by atoms with van der Waals surface area (Å²) in [6.07, 6.45) is 7.06. The fourth-order valence-corrected chi connectivity index (χ4v) is 10.8. The molecule has 4 aliphatic rings. The molecule has 214 valence electrons. The Morgan fingerprint density at radius 3 is 2.73 bits per heavy atom. The maximum Gasteiger partial charge on any atom is 0.375 e. The van der Waals surface area contributed by atoms with Crippen LogP contribution in [0.15, 0.2) is 38.8 Å². The summed E-state index contributed by atoms with van der Waals surface area (Å²) in [5.41, 5.74) is -0.209. The number of esters is 1. The van der Waals surface area contributed by atoms with Crippen LogP contribution < -0.4 is 0 Å². The lowest BCUT2D eigenvalue weighted by Gasteiger charge is -2.60. The lowest BCUT2D eigenvalue weighted by atomic mass is 9.45. The highest BCUT2D eigenvalue weighted by Crippen LogP contribution is 2.68. The Balaban J connectivity index is 1.35. The Hall–Kier alpha value is -2.23. The van der Waals surface area contributed by atoms with E-state index in [0.29, 0.717) is 19.3 Å². The molecule has 3 fully saturated rings. The normalized spacial score (nSPS) is 36.8. The number of carbonyl (C=O) groups excluding carboxylic acids is 3. The molecule has 1 N–H and O–H groups in total. The molecule has 0 aliphatic heterocycles. The van der Waals surface area contributed by atoms with E-state index in [4.69, 9.17) is 9.15 Å². The molecule has 7 atom stereocenters. The van der Waals surface area contributed by atoms with Gasteiger partial charge in [0, 0.05) is 16.7 Å².